The number of allylic oxidation sites excluding steroid dienone is 1. The minimum absolute atomic E-state index is 0. The number of aliphatic hydroxyl groups is 1. The van der Waals surface area contributed by atoms with Crippen LogP contribution in [0.1, 0.15) is 6.92 Å². The summed E-state index contributed by atoms with van der Waals surface area (Å²) < 4.78 is 0.0325. The van der Waals surface area contributed by atoms with Crippen molar-refractivity contribution >= 4 is 28.4 Å². The van der Waals surface area contributed by atoms with Crippen molar-refractivity contribution in [1.82, 2.24) is 0 Å². The van der Waals surface area contributed by atoms with Crippen molar-refractivity contribution in [3.05, 3.63) is 9.84 Å². The Labute approximate surface area is 72.0 Å². The molecule has 0 radical (unpaired) electrons. The van der Waals surface area contributed by atoms with E-state index in [-0.39, 0.29) is 26.6 Å². The third-order valence-electron chi connectivity index (χ3n) is 0.322. The number of carbonyl (C=O) groups is 1. The molecule has 48 valence electrons. The van der Waals surface area contributed by atoms with Crippen molar-refractivity contribution < 1.29 is 27.0 Å². The number of hydrogen-bond acceptors (Lipinski definition) is 2. The van der Waals surface area contributed by atoms with Crippen molar-refractivity contribution in [2.45, 2.75) is 6.92 Å². The summed E-state index contributed by atoms with van der Waals surface area (Å²) in [4.78, 5) is 10.0. The molecule has 0 heterocycles. The van der Waals surface area contributed by atoms with E-state index in [1.165, 1.54) is 6.92 Å². The van der Waals surface area contributed by atoms with E-state index in [1.54, 1.807) is 22.6 Å². The van der Waals surface area contributed by atoms with Crippen LogP contribution < -0.4 is 0 Å². The normalized spacial score (nSPS) is 10.0. The fourth-order valence-electron chi connectivity index (χ4n) is 0.168. The van der Waals surface area contributed by atoms with Gasteiger partial charge in [0.2, 0.25) is 0 Å². The predicted octanol–water partition coefficient (Wildman–Crippen LogP) is 1.41. The molecule has 0 saturated heterocycles. The molecule has 0 atom stereocenters. The first-order valence-electron chi connectivity index (χ1n) is 1.69. The molecule has 0 aromatic rings. The molecule has 0 aromatic heterocycles. The summed E-state index contributed by atoms with van der Waals surface area (Å²) in [5, 5.41) is 8.35. The molecular weight excluding hydrogens is 263 g/mol. The van der Waals surface area contributed by atoms with Gasteiger partial charge in [-0.25, -0.2) is 0 Å². The van der Waals surface area contributed by atoms with Gasteiger partial charge in [-0.2, -0.15) is 0 Å². The van der Waals surface area contributed by atoms with Crippen LogP contribution in [0.3, 0.4) is 0 Å². The Morgan fingerprint density at radius 2 is 2.12 bits per heavy atom. The van der Waals surface area contributed by atoms with Gasteiger partial charge in [-0.05, 0) is 29.5 Å². The summed E-state index contributed by atoms with van der Waals surface area (Å²) in [6, 6.07) is 0. The van der Waals surface area contributed by atoms with E-state index in [0.717, 1.165) is 6.08 Å². The summed E-state index contributed by atoms with van der Waals surface area (Å²) in [5.74, 6) is -0.132. The Kier molecular flexibility index (Phi) is 7.89. The van der Waals surface area contributed by atoms with Crippen LogP contribution in [0.4, 0.5) is 0 Å². The van der Waals surface area contributed by atoms with Crippen LogP contribution in [0.15, 0.2) is 9.84 Å². The van der Waals surface area contributed by atoms with E-state index in [0.29, 0.717) is 0 Å². The molecule has 0 amide bonds. The van der Waals surface area contributed by atoms with Gasteiger partial charge < -0.3 is 5.11 Å². The summed E-state index contributed by atoms with van der Waals surface area (Å²) in [7, 11) is 0. The number of ketones is 1. The Balaban J connectivity index is 0. The van der Waals surface area contributed by atoms with Gasteiger partial charge in [0.1, 0.15) is 0 Å². The quantitative estimate of drug-likeness (QED) is 0.338. The van der Waals surface area contributed by atoms with Gasteiger partial charge in [-0.3, -0.25) is 4.79 Å². The molecule has 2 nitrogen and oxygen atoms in total. The van der Waals surface area contributed by atoms with Crippen molar-refractivity contribution in [3.8, 4) is 0 Å². The van der Waals surface area contributed by atoms with Gasteiger partial charge >= 0.3 is 0 Å². The standard InChI is InChI=1S/C4H5IO2.Fe/c1-3(6)2-4(5)7;/h2,7H,1H3;. The number of halogens is 1. The zero-order chi connectivity index (χ0) is 5.86. The Morgan fingerprint density at radius 1 is 1.75 bits per heavy atom. The molecule has 0 aliphatic rings. The molecule has 0 spiro atoms. The van der Waals surface area contributed by atoms with Gasteiger partial charge in [0, 0.05) is 23.1 Å². The number of aliphatic hydroxyl groups excluding tert-OH is 1. The van der Waals surface area contributed by atoms with E-state index in [2.05, 4.69) is 0 Å². The van der Waals surface area contributed by atoms with Crippen LogP contribution in [0, 0.1) is 0 Å². The fraction of sp³-hybridized carbons (Fsp3) is 0.250. The zero-order valence-corrected chi connectivity index (χ0v) is 7.43. The van der Waals surface area contributed by atoms with Crippen molar-refractivity contribution in [2.75, 3.05) is 0 Å². The minimum Gasteiger partial charge on any atom is -0.502 e. The molecule has 0 aliphatic carbocycles. The number of carbonyl (C=O) groups excluding carboxylic acids is 1. The van der Waals surface area contributed by atoms with Crippen LogP contribution in [0.2, 0.25) is 0 Å². The van der Waals surface area contributed by atoms with Crippen molar-refractivity contribution in [2.24, 2.45) is 0 Å². The topological polar surface area (TPSA) is 37.3 Å². The molecule has 0 aliphatic heterocycles. The van der Waals surface area contributed by atoms with Gasteiger partial charge in [-0.15, -0.1) is 0 Å². The summed E-state index contributed by atoms with van der Waals surface area (Å²) in [6.07, 6.45) is 1.15. The third-order valence-corrected chi connectivity index (χ3v) is 0.634. The van der Waals surface area contributed by atoms with Gasteiger partial charge in [0.25, 0.3) is 0 Å². The van der Waals surface area contributed by atoms with Crippen molar-refractivity contribution in [3.63, 3.8) is 0 Å². The largest absolute Gasteiger partial charge is 0.502 e. The average Bonchev–Trinajstić information content (AvgIpc) is 1.27. The predicted molar refractivity (Wildman–Crippen MR) is 35.4 cm³/mol. The first-order valence-corrected chi connectivity index (χ1v) is 2.77. The van der Waals surface area contributed by atoms with Crippen molar-refractivity contribution in [1.29, 1.82) is 0 Å². The Bertz CT molecular complexity index is 107. The maximum absolute atomic E-state index is 10.0. The van der Waals surface area contributed by atoms with Crippen LogP contribution in [-0.2, 0) is 21.9 Å². The van der Waals surface area contributed by atoms with Crippen LogP contribution in [0.5, 0.6) is 0 Å². The smallest absolute Gasteiger partial charge is 0.156 e. The maximum Gasteiger partial charge on any atom is 0.156 e. The second-order valence-electron chi connectivity index (χ2n) is 1.08. The number of rotatable bonds is 1. The van der Waals surface area contributed by atoms with E-state index < -0.39 is 0 Å². The first-order chi connectivity index (χ1) is 3.13. The molecule has 0 fully saturated rings. The summed E-state index contributed by atoms with van der Waals surface area (Å²) >= 11 is 1.65. The molecule has 1 N–H and O–H groups in total. The Morgan fingerprint density at radius 3 is 2.12 bits per heavy atom. The molecule has 0 rings (SSSR count). The molecule has 8 heavy (non-hydrogen) atoms. The maximum atomic E-state index is 10.0. The van der Waals surface area contributed by atoms with E-state index in [9.17, 15) is 4.79 Å². The fourth-order valence-corrected chi connectivity index (χ4v) is 0.606. The Hall–Kier alpha value is 0.459. The van der Waals surface area contributed by atoms with Crippen LogP contribution in [-0.4, -0.2) is 10.9 Å². The number of hydrogen-bond donors (Lipinski definition) is 1. The second-order valence-corrected chi connectivity index (χ2v) is 2.18. The van der Waals surface area contributed by atoms with E-state index >= 15 is 0 Å². The van der Waals surface area contributed by atoms with Crippen LogP contribution in [0.25, 0.3) is 0 Å². The van der Waals surface area contributed by atoms with E-state index in [4.69, 9.17) is 5.11 Å². The monoisotopic (exact) mass is 268 g/mol. The second kappa shape index (κ2) is 5.59. The summed E-state index contributed by atoms with van der Waals surface area (Å²) in [6.45, 7) is 1.38. The summed E-state index contributed by atoms with van der Waals surface area (Å²) in [5.41, 5.74) is 0. The average molecular weight is 268 g/mol. The molecule has 0 saturated carbocycles. The van der Waals surface area contributed by atoms with Crippen LogP contribution >= 0.6 is 22.6 Å². The zero-order valence-electron chi connectivity index (χ0n) is 4.16. The first kappa shape index (κ1) is 11.3. The van der Waals surface area contributed by atoms with E-state index in [1.807, 2.05) is 0 Å². The third kappa shape index (κ3) is 9.68. The molecule has 4 heteroatoms. The molecule has 0 bridgehead atoms. The van der Waals surface area contributed by atoms with Gasteiger partial charge in [0.05, 0.1) is 0 Å². The minimum atomic E-state index is -0.132. The SMILES string of the molecule is CC(=O)C=C(O)I.[Fe]. The molecule has 0 aromatic carbocycles. The molecular formula is C4H5FeIO2. The molecule has 0 unspecified atom stereocenters. The van der Waals surface area contributed by atoms with Gasteiger partial charge in [-0.1, -0.05) is 0 Å². The van der Waals surface area contributed by atoms with Gasteiger partial charge in [0.15, 0.2) is 9.55 Å².